The van der Waals surface area contributed by atoms with Gasteiger partial charge >= 0.3 is 0 Å². The lowest BCUT2D eigenvalue weighted by Gasteiger charge is -2.21. The third-order valence-electron chi connectivity index (χ3n) is 4.36. The van der Waals surface area contributed by atoms with Crippen molar-refractivity contribution >= 4 is 28.2 Å². The number of hydrogen-bond donors (Lipinski definition) is 0. The Hall–Kier alpha value is -2.54. The molecule has 3 aromatic carbocycles. The summed E-state index contributed by atoms with van der Waals surface area (Å²) in [6.45, 7) is 4.27. The average molecular weight is 301 g/mol. The molecular weight excluding hydrogens is 278 g/mol. The van der Waals surface area contributed by atoms with Crippen molar-refractivity contribution in [2.45, 2.75) is 20.3 Å². The fourth-order valence-corrected chi connectivity index (χ4v) is 2.98. The van der Waals surface area contributed by atoms with Crippen LogP contribution in [-0.2, 0) is 6.42 Å². The maximum absolute atomic E-state index is 2.27. The number of rotatable bonds is 4. The number of fused-ring (bicyclic) bond motifs is 1. The molecule has 3 aromatic rings. The average Bonchev–Trinajstić information content (AvgIpc) is 2.61. The van der Waals surface area contributed by atoms with E-state index in [-0.39, 0.29) is 0 Å². The highest BCUT2D eigenvalue weighted by Crippen LogP contribution is 2.29. The molecule has 23 heavy (non-hydrogen) atoms. The van der Waals surface area contributed by atoms with Crippen molar-refractivity contribution < 1.29 is 0 Å². The number of aryl methyl sites for hydroxylation is 1. The first-order valence-corrected chi connectivity index (χ1v) is 8.21. The standard InChI is InChI=1S/C22H23N/c1-4-8-19-15-21(13-11-17(19)5-2)23(3)22-14-12-18-9-6-7-10-20(18)16-22/h4,6-16H,5H2,1-3H3/b8-4-. The topological polar surface area (TPSA) is 3.24 Å². The number of anilines is 2. The smallest absolute Gasteiger partial charge is 0.0414 e. The summed E-state index contributed by atoms with van der Waals surface area (Å²) in [7, 11) is 2.13. The zero-order valence-electron chi connectivity index (χ0n) is 14.1. The first-order chi connectivity index (χ1) is 11.2. The van der Waals surface area contributed by atoms with E-state index in [1.165, 1.54) is 33.3 Å². The van der Waals surface area contributed by atoms with Crippen LogP contribution in [0.1, 0.15) is 25.0 Å². The highest BCUT2D eigenvalue weighted by atomic mass is 15.1. The number of hydrogen-bond acceptors (Lipinski definition) is 1. The summed E-state index contributed by atoms with van der Waals surface area (Å²) in [5.41, 5.74) is 5.11. The van der Waals surface area contributed by atoms with Crippen LogP contribution in [0.2, 0.25) is 0 Å². The molecular formula is C22H23N. The first-order valence-electron chi connectivity index (χ1n) is 8.21. The largest absolute Gasteiger partial charge is 0.345 e. The first kappa shape index (κ1) is 15.4. The second-order valence-electron chi connectivity index (χ2n) is 5.83. The van der Waals surface area contributed by atoms with Crippen LogP contribution in [0.15, 0.2) is 66.7 Å². The van der Waals surface area contributed by atoms with Gasteiger partial charge in [0.2, 0.25) is 0 Å². The Labute approximate surface area is 138 Å². The Morgan fingerprint density at radius 2 is 1.57 bits per heavy atom. The Bertz CT molecular complexity index is 845. The van der Waals surface area contributed by atoms with Gasteiger partial charge in [0.15, 0.2) is 0 Å². The molecule has 0 atom stereocenters. The molecule has 0 fully saturated rings. The highest BCUT2D eigenvalue weighted by molar-refractivity contribution is 5.87. The predicted octanol–water partition coefficient (Wildman–Crippen LogP) is 6.20. The number of allylic oxidation sites excluding steroid dienone is 1. The minimum Gasteiger partial charge on any atom is -0.345 e. The minimum absolute atomic E-state index is 1.06. The van der Waals surface area contributed by atoms with Crippen LogP contribution in [0.5, 0.6) is 0 Å². The Balaban J connectivity index is 2.01. The molecule has 0 bridgehead atoms. The Morgan fingerprint density at radius 3 is 2.30 bits per heavy atom. The van der Waals surface area contributed by atoms with Crippen LogP contribution >= 0.6 is 0 Å². The molecule has 0 N–H and O–H groups in total. The summed E-state index contributed by atoms with van der Waals surface area (Å²) in [5.74, 6) is 0. The molecule has 116 valence electrons. The van der Waals surface area contributed by atoms with Crippen molar-refractivity contribution in [3.8, 4) is 0 Å². The summed E-state index contributed by atoms with van der Waals surface area (Å²) in [6, 6.07) is 21.8. The summed E-state index contributed by atoms with van der Waals surface area (Å²) in [5, 5.41) is 2.55. The van der Waals surface area contributed by atoms with E-state index in [2.05, 4.69) is 98.6 Å². The van der Waals surface area contributed by atoms with Crippen LogP contribution in [0.4, 0.5) is 11.4 Å². The molecule has 0 aliphatic rings. The van der Waals surface area contributed by atoms with Gasteiger partial charge in [0, 0.05) is 18.4 Å². The van der Waals surface area contributed by atoms with E-state index in [4.69, 9.17) is 0 Å². The second kappa shape index (κ2) is 6.70. The number of nitrogens with zero attached hydrogens (tertiary/aromatic N) is 1. The molecule has 0 aliphatic carbocycles. The fraction of sp³-hybridized carbons (Fsp3) is 0.182. The van der Waals surface area contributed by atoms with E-state index in [1.54, 1.807) is 0 Å². The molecule has 0 aliphatic heterocycles. The molecule has 1 heteroatoms. The third-order valence-corrected chi connectivity index (χ3v) is 4.36. The molecule has 0 spiro atoms. The quantitative estimate of drug-likeness (QED) is 0.554. The van der Waals surface area contributed by atoms with Crippen molar-refractivity contribution in [3.63, 3.8) is 0 Å². The highest BCUT2D eigenvalue weighted by Gasteiger charge is 2.07. The van der Waals surface area contributed by atoms with Gasteiger partial charge in [0.05, 0.1) is 0 Å². The van der Waals surface area contributed by atoms with E-state index in [9.17, 15) is 0 Å². The van der Waals surface area contributed by atoms with Crippen molar-refractivity contribution in [2.24, 2.45) is 0 Å². The van der Waals surface area contributed by atoms with Crippen LogP contribution in [0.3, 0.4) is 0 Å². The van der Waals surface area contributed by atoms with Gasteiger partial charge in [-0.1, -0.05) is 55.5 Å². The van der Waals surface area contributed by atoms with Crippen LogP contribution < -0.4 is 4.90 Å². The number of benzene rings is 3. The maximum atomic E-state index is 2.27. The van der Waals surface area contributed by atoms with Crippen LogP contribution in [0.25, 0.3) is 16.8 Å². The lowest BCUT2D eigenvalue weighted by Crippen LogP contribution is -2.09. The SMILES string of the molecule is C/C=C\c1cc(N(C)c2ccc3ccccc3c2)ccc1CC. The Morgan fingerprint density at radius 1 is 0.870 bits per heavy atom. The molecule has 0 radical (unpaired) electrons. The van der Waals surface area contributed by atoms with E-state index in [0.29, 0.717) is 0 Å². The Kier molecular flexibility index (Phi) is 4.47. The van der Waals surface area contributed by atoms with Crippen molar-refractivity contribution in [2.75, 3.05) is 11.9 Å². The third kappa shape index (κ3) is 3.14. The van der Waals surface area contributed by atoms with Gasteiger partial charge in [-0.15, -0.1) is 0 Å². The summed E-state index contributed by atoms with van der Waals surface area (Å²) in [6.07, 6.45) is 5.35. The maximum Gasteiger partial charge on any atom is 0.0414 e. The van der Waals surface area contributed by atoms with Crippen LogP contribution in [-0.4, -0.2) is 7.05 Å². The molecule has 3 rings (SSSR count). The summed E-state index contributed by atoms with van der Waals surface area (Å²) < 4.78 is 0. The molecule has 0 aromatic heterocycles. The molecule has 0 saturated carbocycles. The normalized spacial score (nSPS) is 11.3. The van der Waals surface area contributed by atoms with Gasteiger partial charge in [-0.2, -0.15) is 0 Å². The van der Waals surface area contributed by atoms with Gasteiger partial charge in [0.1, 0.15) is 0 Å². The van der Waals surface area contributed by atoms with Crippen molar-refractivity contribution in [1.29, 1.82) is 0 Å². The van der Waals surface area contributed by atoms with Gasteiger partial charge in [0.25, 0.3) is 0 Å². The van der Waals surface area contributed by atoms with Crippen molar-refractivity contribution in [1.82, 2.24) is 0 Å². The van der Waals surface area contributed by atoms with Gasteiger partial charge in [-0.05, 0) is 59.5 Å². The van der Waals surface area contributed by atoms with Gasteiger partial charge in [-0.3, -0.25) is 0 Å². The van der Waals surface area contributed by atoms with E-state index in [1.807, 2.05) is 0 Å². The minimum atomic E-state index is 1.06. The molecule has 1 nitrogen and oxygen atoms in total. The lowest BCUT2D eigenvalue weighted by molar-refractivity contribution is 1.12. The van der Waals surface area contributed by atoms with E-state index >= 15 is 0 Å². The van der Waals surface area contributed by atoms with Crippen molar-refractivity contribution in [3.05, 3.63) is 77.9 Å². The monoisotopic (exact) mass is 301 g/mol. The van der Waals surface area contributed by atoms with Crippen LogP contribution in [0, 0.1) is 0 Å². The zero-order valence-corrected chi connectivity index (χ0v) is 14.1. The summed E-state index contributed by atoms with van der Waals surface area (Å²) >= 11 is 0. The lowest BCUT2D eigenvalue weighted by atomic mass is 10.0. The second-order valence-corrected chi connectivity index (χ2v) is 5.83. The van der Waals surface area contributed by atoms with E-state index in [0.717, 1.165) is 6.42 Å². The zero-order chi connectivity index (χ0) is 16.2. The molecule has 0 heterocycles. The van der Waals surface area contributed by atoms with E-state index < -0.39 is 0 Å². The van der Waals surface area contributed by atoms with Gasteiger partial charge < -0.3 is 4.90 Å². The van der Waals surface area contributed by atoms with Gasteiger partial charge in [-0.25, -0.2) is 0 Å². The summed E-state index contributed by atoms with van der Waals surface area (Å²) in [4.78, 5) is 2.25. The molecule has 0 unspecified atom stereocenters. The fourth-order valence-electron chi connectivity index (χ4n) is 2.98. The predicted molar refractivity (Wildman–Crippen MR) is 103 cm³/mol. The molecule has 0 amide bonds. The molecule has 0 saturated heterocycles.